The van der Waals surface area contributed by atoms with Crippen LogP contribution in [0.1, 0.15) is 51.9 Å². The van der Waals surface area contributed by atoms with Crippen LogP contribution in [-0.2, 0) is 9.53 Å². The lowest BCUT2D eigenvalue weighted by molar-refractivity contribution is -0.134. The lowest BCUT2D eigenvalue weighted by atomic mass is 9.79. The molecule has 3 unspecified atom stereocenters. The Morgan fingerprint density at radius 1 is 1.28 bits per heavy atom. The molecule has 3 aliphatic rings. The molecular weight excluding hydrogens is 314 g/mol. The van der Waals surface area contributed by atoms with Gasteiger partial charge in [-0.15, -0.1) is 0 Å². The molecule has 0 aromatic rings. The molecule has 2 N–H and O–H groups in total. The number of rotatable bonds is 6. The predicted octanol–water partition coefficient (Wildman–Crippen LogP) is 3.02. The van der Waals surface area contributed by atoms with Crippen molar-refractivity contribution in [3.8, 4) is 0 Å². The van der Waals surface area contributed by atoms with E-state index in [1.807, 2.05) is 6.08 Å². The minimum atomic E-state index is -0.839. The van der Waals surface area contributed by atoms with Gasteiger partial charge in [-0.1, -0.05) is 63.3 Å². The van der Waals surface area contributed by atoms with Crippen molar-refractivity contribution < 1.29 is 9.53 Å². The van der Waals surface area contributed by atoms with Crippen molar-refractivity contribution in [3.05, 3.63) is 24.3 Å². The SMILES string of the molecule is CCC1C=CC=CC1OCC1(CC2CCCCC2)N=C(N)N(C)C1=O. The van der Waals surface area contributed by atoms with Crippen molar-refractivity contribution in [2.45, 2.75) is 63.5 Å². The van der Waals surface area contributed by atoms with Crippen LogP contribution in [0.15, 0.2) is 29.3 Å². The zero-order valence-corrected chi connectivity index (χ0v) is 15.5. The van der Waals surface area contributed by atoms with E-state index in [1.54, 1.807) is 7.05 Å². The van der Waals surface area contributed by atoms with E-state index >= 15 is 0 Å². The van der Waals surface area contributed by atoms with E-state index in [0.29, 0.717) is 24.4 Å². The van der Waals surface area contributed by atoms with Crippen LogP contribution in [0, 0.1) is 11.8 Å². The zero-order chi connectivity index (χ0) is 17.9. The van der Waals surface area contributed by atoms with Crippen LogP contribution < -0.4 is 5.73 Å². The lowest BCUT2D eigenvalue weighted by Gasteiger charge is -2.33. The van der Waals surface area contributed by atoms with Gasteiger partial charge in [-0.05, 0) is 18.8 Å². The first-order valence-corrected chi connectivity index (χ1v) is 9.66. The Balaban J connectivity index is 1.74. The first kappa shape index (κ1) is 18.2. The van der Waals surface area contributed by atoms with E-state index in [2.05, 4.69) is 30.1 Å². The monoisotopic (exact) mass is 345 g/mol. The molecule has 1 heterocycles. The Morgan fingerprint density at radius 2 is 2.00 bits per heavy atom. The average molecular weight is 345 g/mol. The van der Waals surface area contributed by atoms with Gasteiger partial charge in [0, 0.05) is 13.0 Å². The first-order valence-electron chi connectivity index (χ1n) is 9.66. The molecule has 2 aliphatic carbocycles. The molecule has 138 valence electrons. The third-order valence-corrected chi connectivity index (χ3v) is 5.90. The largest absolute Gasteiger partial charge is 0.370 e. The third-order valence-electron chi connectivity index (χ3n) is 5.90. The summed E-state index contributed by atoms with van der Waals surface area (Å²) in [4.78, 5) is 19.1. The molecule has 0 bridgehead atoms. The fraction of sp³-hybridized carbons (Fsp3) is 0.700. The molecule has 0 saturated heterocycles. The summed E-state index contributed by atoms with van der Waals surface area (Å²) in [5, 5.41) is 0. The van der Waals surface area contributed by atoms with Crippen LogP contribution in [0.5, 0.6) is 0 Å². The number of hydrogen-bond donors (Lipinski definition) is 1. The van der Waals surface area contributed by atoms with Gasteiger partial charge in [0.15, 0.2) is 11.5 Å². The van der Waals surface area contributed by atoms with Gasteiger partial charge in [-0.3, -0.25) is 9.69 Å². The molecule has 0 aromatic heterocycles. The van der Waals surface area contributed by atoms with E-state index in [4.69, 9.17) is 10.5 Å². The quantitative estimate of drug-likeness (QED) is 0.804. The second kappa shape index (κ2) is 7.73. The molecule has 1 aliphatic heterocycles. The number of hydrogen-bond acceptors (Lipinski definition) is 4. The summed E-state index contributed by atoms with van der Waals surface area (Å²) >= 11 is 0. The summed E-state index contributed by atoms with van der Waals surface area (Å²) in [5.41, 5.74) is 5.15. The molecule has 3 atom stereocenters. The van der Waals surface area contributed by atoms with Crippen LogP contribution in [0.3, 0.4) is 0 Å². The molecule has 1 fully saturated rings. The maximum absolute atomic E-state index is 13.0. The molecule has 0 spiro atoms. The Kier molecular flexibility index (Phi) is 5.62. The second-order valence-electron chi connectivity index (χ2n) is 7.69. The van der Waals surface area contributed by atoms with E-state index in [-0.39, 0.29) is 12.0 Å². The fourth-order valence-corrected chi connectivity index (χ4v) is 4.33. The normalized spacial score (nSPS) is 33.1. The average Bonchev–Trinajstić information content (AvgIpc) is 2.85. The Hall–Kier alpha value is -1.62. The lowest BCUT2D eigenvalue weighted by Crippen LogP contribution is -2.47. The van der Waals surface area contributed by atoms with Crippen molar-refractivity contribution >= 4 is 11.9 Å². The standard InChI is InChI=1S/C20H31N3O2/c1-3-16-11-7-8-12-17(16)25-14-20(13-15-9-5-4-6-10-15)18(24)23(2)19(21)22-20/h7-8,11-12,15-17H,3-6,9-10,13-14H2,1-2H3,(H2,21,22). The summed E-state index contributed by atoms with van der Waals surface area (Å²) in [7, 11) is 1.71. The van der Waals surface area contributed by atoms with Crippen LogP contribution in [0.2, 0.25) is 0 Å². The summed E-state index contributed by atoms with van der Waals surface area (Å²) < 4.78 is 6.23. The maximum atomic E-state index is 13.0. The van der Waals surface area contributed by atoms with Crippen LogP contribution in [0.4, 0.5) is 0 Å². The zero-order valence-electron chi connectivity index (χ0n) is 15.5. The summed E-state index contributed by atoms with van der Waals surface area (Å²) in [6.45, 7) is 2.47. The number of guanidine groups is 1. The molecular formula is C20H31N3O2. The summed E-state index contributed by atoms with van der Waals surface area (Å²) in [6, 6.07) is 0. The van der Waals surface area contributed by atoms with Gasteiger partial charge in [0.25, 0.3) is 5.91 Å². The molecule has 5 heteroatoms. The highest BCUT2D eigenvalue weighted by Gasteiger charge is 2.48. The Bertz CT molecular complexity index is 577. The number of nitrogens with two attached hydrogens (primary N) is 1. The predicted molar refractivity (Wildman–Crippen MR) is 100 cm³/mol. The topological polar surface area (TPSA) is 67.9 Å². The van der Waals surface area contributed by atoms with Gasteiger partial charge in [0.05, 0.1) is 12.7 Å². The van der Waals surface area contributed by atoms with Crippen LogP contribution in [0.25, 0.3) is 0 Å². The van der Waals surface area contributed by atoms with Crippen molar-refractivity contribution in [2.24, 2.45) is 22.6 Å². The minimum Gasteiger partial charge on any atom is -0.370 e. The summed E-state index contributed by atoms with van der Waals surface area (Å²) in [5.74, 6) is 1.19. The molecule has 0 radical (unpaired) electrons. The highest BCUT2D eigenvalue weighted by Crippen LogP contribution is 2.36. The van der Waals surface area contributed by atoms with E-state index in [0.717, 1.165) is 12.8 Å². The number of aliphatic imine (C=N–C) groups is 1. The number of amides is 1. The van der Waals surface area contributed by atoms with Crippen molar-refractivity contribution in [1.29, 1.82) is 0 Å². The Morgan fingerprint density at radius 3 is 2.64 bits per heavy atom. The van der Waals surface area contributed by atoms with Crippen molar-refractivity contribution in [1.82, 2.24) is 4.90 Å². The third kappa shape index (κ3) is 3.81. The second-order valence-corrected chi connectivity index (χ2v) is 7.69. The smallest absolute Gasteiger partial charge is 0.259 e. The van der Waals surface area contributed by atoms with Crippen LogP contribution >= 0.6 is 0 Å². The highest BCUT2D eigenvalue weighted by atomic mass is 16.5. The molecule has 1 saturated carbocycles. The number of nitrogens with zero attached hydrogens (tertiary/aromatic N) is 2. The van der Waals surface area contributed by atoms with Gasteiger partial charge >= 0.3 is 0 Å². The van der Waals surface area contributed by atoms with Gasteiger partial charge in [-0.2, -0.15) is 0 Å². The maximum Gasteiger partial charge on any atom is 0.259 e. The van der Waals surface area contributed by atoms with Gasteiger partial charge in [-0.25, -0.2) is 4.99 Å². The number of allylic oxidation sites excluding steroid dienone is 2. The van der Waals surface area contributed by atoms with E-state index in [9.17, 15) is 4.79 Å². The molecule has 1 amide bonds. The molecule has 25 heavy (non-hydrogen) atoms. The minimum absolute atomic E-state index is 0.00774. The molecule has 5 nitrogen and oxygen atoms in total. The number of likely N-dealkylation sites (N-methyl/N-ethyl adjacent to an activating group) is 1. The van der Waals surface area contributed by atoms with Crippen LogP contribution in [-0.4, -0.2) is 42.1 Å². The molecule has 0 aromatic carbocycles. The number of carbonyl (C=O) groups excluding carboxylic acids is 1. The first-order chi connectivity index (χ1) is 12.1. The van der Waals surface area contributed by atoms with Gasteiger partial charge in [0.1, 0.15) is 0 Å². The Labute approximate surface area is 151 Å². The fourth-order valence-electron chi connectivity index (χ4n) is 4.33. The van der Waals surface area contributed by atoms with Crippen molar-refractivity contribution in [3.63, 3.8) is 0 Å². The molecule has 3 rings (SSSR count). The van der Waals surface area contributed by atoms with E-state index < -0.39 is 5.54 Å². The van der Waals surface area contributed by atoms with E-state index in [1.165, 1.54) is 37.0 Å². The number of carbonyl (C=O) groups is 1. The van der Waals surface area contributed by atoms with Gasteiger partial charge in [0.2, 0.25) is 0 Å². The van der Waals surface area contributed by atoms with Crippen molar-refractivity contribution in [2.75, 3.05) is 13.7 Å². The van der Waals surface area contributed by atoms with Gasteiger partial charge < -0.3 is 10.5 Å². The number of ether oxygens (including phenoxy) is 1. The summed E-state index contributed by atoms with van der Waals surface area (Å²) in [6.07, 6.45) is 16.3. The highest BCUT2D eigenvalue weighted by molar-refractivity contribution is 6.06.